The molecule has 184 valence electrons. The van der Waals surface area contributed by atoms with Gasteiger partial charge in [-0.05, 0) is 53.6 Å². The van der Waals surface area contributed by atoms with Crippen molar-refractivity contribution in [2.75, 3.05) is 19.0 Å². The molecule has 9 nitrogen and oxygen atoms in total. The summed E-state index contributed by atoms with van der Waals surface area (Å²) >= 11 is 6.11. The summed E-state index contributed by atoms with van der Waals surface area (Å²) in [4.78, 5) is 13.0. The molecule has 0 fully saturated rings. The van der Waals surface area contributed by atoms with Crippen molar-refractivity contribution >= 4 is 23.5 Å². The van der Waals surface area contributed by atoms with Gasteiger partial charge in [0.2, 0.25) is 5.95 Å². The molecule has 35 heavy (non-hydrogen) atoms. The molecular weight excluding hydrogens is 477 g/mol. The summed E-state index contributed by atoms with van der Waals surface area (Å²) in [6.45, 7) is 4.02. The number of halogens is 2. The molecule has 4 rings (SSSR count). The van der Waals surface area contributed by atoms with E-state index in [1.54, 1.807) is 31.2 Å². The number of methoxy groups -OCH3 is 1. The summed E-state index contributed by atoms with van der Waals surface area (Å²) in [5, 5.41) is 15.1. The fourth-order valence-electron chi connectivity index (χ4n) is 3.77. The van der Waals surface area contributed by atoms with Gasteiger partial charge in [0.1, 0.15) is 18.5 Å². The molecule has 0 bridgehead atoms. The number of benzene rings is 2. The Morgan fingerprint density at radius 2 is 2.09 bits per heavy atom. The van der Waals surface area contributed by atoms with Crippen LogP contribution in [0.1, 0.15) is 43.9 Å². The minimum Gasteiger partial charge on any atom is -0.493 e. The van der Waals surface area contributed by atoms with Crippen LogP contribution in [0.3, 0.4) is 0 Å². The molecule has 1 atom stereocenters. The summed E-state index contributed by atoms with van der Waals surface area (Å²) in [6.07, 6.45) is 1.67. The van der Waals surface area contributed by atoms with Gasteiger partial charge in [0.15, 0.2) is 11.5 Å². The van der Waals surface area contributed by atoms with Crippen LogP contribution in [0.4, 0.5) is 10.3 Å². The highest BCUT2D eigenvalue weighted by atomic mass is 35.5. The van der Waals surface area contributed by atoms with Crippen LogP contribution in [0, 0.1) is 5.82 Å². The van der Waals surface area contributed by atoms with Gasteiger partial charge in [-0.1, -0.05) is 42.2 Å². The van der Waals surface area contributed by atoms with E-state index < -0.39 is 17.8 Å². The maximum Gasteiger partial charge on any atom is 0.338 e. The normalized spacial score (nSPS) is 14.8. The first kappa shape index (κ1) is 24.5. The third-order valence-corrected chi connectivity index (χ3v) is 5.96. The highest BCUT2D eigenvalue weighted by molar-refractivity contribution is 6.31. The molecule has 1 aliphatic rings. The molecule has 0 radical (unpaired) electrons. The van der Waals surface area contributed by atoms with E-state index in [0.29, 0.717) is 40.9 Å². The van der Waals surface area contributed by atoms with E-state index in [-0.39, 0.29) is 17.2 Å². The van der Waals surface area contributed by atoms with Gasteiger partial charge < -0.3 is 19.5 Å². The van der Waals surface area contributed by atoms with Gasteiger partial charge in [-0.25, -0.2) is 9.18 Å². The maximum absolute atomic E-state index is 14.1. The number of carbonyl (C=O) groups is 1. The molecule has 0 saturated carbocycles. The van der Waals surface area contributed by atoms with Crippen molar-refractivity contribution in [3.05, 3.63) is 69.6 Å². The van der Waals surface area contributed by atoms with Gasteiger partial charge in [-0.2, -0.15) is 4.68 Å². The lowest BCUT2D eigenvalue weighted by Crippen LogP contribution is -2.30. The van der Waals surface area contributed by atoms with Crippen molar-refractivity contribution in [3.63, 3.8) is 0 Å². The van der Waals surface area contributed by atoms with E-state index in [2.05, 4.69) is 20.8 Å². The molecule has 1 aromatic heterocycles. The SMILES string of the molecule is CCCCOC(=O)C1=C(C)Nc2nnnn2C1c1ccc(OCc2c(F)cccc2Cl)c(OC)c1. The molecule has 2 aromatic carbocycles. The number of rotatable bonds is 9. The second-order valence-electron chi connectivity index (χ2n) is 7.90. The summed E-state index contributed by atoms with van der Waals surface area (Å²) in [6, 6.07) is 8.98. The second-order valence-corrected chi connectivity index (χ2v) is 8.31. The van der Waals surface area contributed by atoms with E-state index in [1.165, 1.54) is 23.9 Å². The lowest BCUT2D eigenvalue weighted by molar-refractivity contribution is -0.139. The van der Waals surface area contributed by atoms with Crippen LogP contribution in [-0.2, 0) is 16.1 Å². The van der Waals surface area contributed by atoms with E-state index in [4.69, 9.17) is 25.8 Å². The largest absolute Gasteiger partial charge is 0.493 e. The van der Waals surface area contributed by atoms with Crippen molar-refractivity contribution in [3.8, 4) is 11.5 Å². The third kappa shape index (κ3) is 5.07. The number of tetrazole rings is 1. The Morgan fingerprint density at radius 1 is 1.26 bits per heavy atom. The van der Waals surface area contributed by atoms with Gasteiger partial charge in [0.05, 0.1) is 24.3 Å². The minimum absolute atomic E-state index is 0.0836. The summed E-state index contributed by atoms with van der Waals surface area (Å²) in [5.41, 5.74) is 1.89. The number of hydrogen-bond acceptors (Lipinski definition) is 8. The lowest BCUT2D eigenvalue weighted by atomic mass is 9.95. The second kappa shape index (κ2) is 10.7. The quantitative estimate of drug-likeness (QED) is 0.333. The van der Waals surface area contributed by atoms with Gasteiger partial charge in [-0.15, -0.1) is 0 Å². The molecule has 0 saturated heterocycles. The fraction of sp³-hybridized carbons (Fsp3) is 0.333. The van der Waals surface area contributed by atoms with E-state index in [9.17, 15) is 9.18 Å². The average Bonchev–Trinajstić information content (AvgIpc) is 3.31. The smallest absolute Gasteiger partial charge is 0.338 e. The van der Waals surface area contributed by atoms with E-state index in [1.807, 2.05) is 6.92 Å². The van der Waals surface area contributed by atoms with E-state index >= 15 is 0 Å². The Morgan fingerprint density at radius 3 is 2.83 bits per heavy atom. The number of nitrogens with one attached hydrogen (secondary N) is 1. The molecule has 11 heteroatoms. The number of aromatic nitrogens is 4. The van der Waals surface area contributed by atoms with Crippen LogP contribution in [0.15, 0.2) is 47.7 Å². The predicted molar refractivity (Wildman–Crippen MR) is 127 cm³/mol. The standard InChI is InChI=1S/C24H25ClFN5O4/c1-4-5-11-34-23(32)21-14(2)27-24-28-29-30-31(24)22(21)15-9-10-19(20(12-15)33-3)35-13-16-17(25)7-6-8-18(16)26/h6-10,12,22H,4-5,11,13H2,1-3H3,(H,27,28,30). The summed E-state index contributed by atoms with van der Waals surface area (Å²) < 4.78 is 32.5. The van der Waals surface area contributed by atoms with Gasteiger partial charge in [-0.3, -0.25) is 0 Å². The topological polar surface area (TPSA) is 100 Å². The zero-order valence-electron chi connectivity index (χ0n) is 19.5. The van der Waals surface area contributed by atoms with Gasteiger partial charge in [0.25, 0.3) is 0 Å². The Kier molecular flexibility index (Phi) is 7.50. The van der Waals surface area contributed by atoms with Crippen molar-refractivity contribution in [1.82, 2.24) is 20.2 Å². The Bertz CT molecular complexity index is 1240. The highest BCUT2D eigenvalue weighted by Gasteiger charge is 2.35. The van der Waals surface area contributed by atoms with Crippen LogP contribution >= 0.6 is 11.6 Å². The number of anilines is 1. The van der Waals surface area contributed by atoms with Crippen molar-refractivity contribution in [1.29, 1.82) is 0 Å². The molecule has 1 unspecified atom stereocenters. The van der Waals surface area contributed by atoms with Gasteiger partial charge >= 0.3 is 5.97 Å². The number of nitrogens with zero attached hydrogens (tertiary/aromatic N) is 4. The third-order valence-electron chi connectivity index (χ3n) is 5.60. The zero-order valence-corrected chi connectivity index (χ0v) is 20.3. The first-order valence-electron chi connectivity index (χ1n) is 11.1. The predicted octanol–water partition coefficient (Wildman–Crippen LogP) is 4.69. The lowest BCUT2D eigenvalue weighted by Gasteiger charge is -2.27. The van der Waals surface area contributed by atoms with Crippen molar-refractivity contribution < 1.29 is 23.4 Å². The number of fused-ring (bicyclic) bond motifs is 1. The van der Waals surface area contributed by atoms with Gasteiger partial charge in [0, 0.05) is 11.3 Å². The highest BCUT2D eigenvalue weighted by Crippen LogP contribution is 2.39. The first-order chi connectivity index (χ1) is 16.9. The van der Waals surface area contributed by atoms with Crippen LogP contribution in [0.25, 0.3) is 0 Å². The fourth-order valence-corrected chi connectivity index (χ4v) is 3.98. The molecule has 1 aliphatic heterocycles. The molecule has 0 spiro atoms. The number of ether oxygens (including phenoxy) is 3. The van der Waals surface area contributed by atoms with Crippen LogP contribution in [0.2, 0.25) is 5.02 Å². The average molecular weight is 502 g/mol. The zero-order chi connectivity index (χ0) is 24.9. The number of hydrogen-bond donors (Lipinski definition) is 1. The Labute approximate surface area is 206 Å². The van der Waals surface area contributed by atoms with Crippen LogP contribution < -0.4 is 14.8 Å². The monoisotopic (exact) mass is 501 g/mol. The van der Waals surface area contributed by atoms with Crippen molar-refractivity contribution in [2.45, 2.75) is 39.3 Å². The Hall–Kier alpha value is -3.66. The number of esters is 1. The number of allylic oxidation sites excluding steroid dienone is 1. The molecular formula is C24H25ClFN5O4. The van der Waals surface area contributed by atoms with Crippen LogP contribution in [0.5, 0.6) is 11.5 Å². The maximum atomic E-state index is 14.1. The first-order valence-corrected chi connectivity index (χ1v) is 11.5. The number of carbonyl (C=O) groups excluding carboxylic acids is 1. The van der Waals surface area contributed by atoms with E-state index in [0.717, 1.165) is 12.8 Å². The van der Waals surface area contributed by atoms with Crippen molar-refractivity contribution in [2.24, 2.45) is 0 Å². The number of unbranched alkanes of at least 4 members (excludes halogenated alkanes) is 1. The molecule has 3 aromatic rings. The van der Waals surface area contributed by atoms with Crippen LogP contribution in [-0.4, -0.2) is 39.9 Å². The molecule has 0 aliphatic carbocycles. The Balaban J connectivity index is 1.66. The summed E-state index contributed by atoms with van der Waals surface area (Å²) in [7, 11) is 1.49. The summed E-state index contributed by atoms with van der Waals surface area (Å²) in [5.74, 6) is 0.253. The molecule has 1 N–H and O–H groups in total. The molecule has 2 heterocycles. The minimum atomic E-state index is -0.653. The molecule has 0 amide bonds.